The SMILES string of the molecule is COCCSc1nnc(N2CCC(C)CC2)n1CC1CCCO1. The third-order valence-corrected chi connectivity index (χ3v) is 5.62. The van der Waals surface area contributed by atoms with E-state index < -0.39 is 0 Å². The van der Waals surface area contributed by atoms with Gasteiger partial charge in [-0.2, -0.15) is 0 Å². The summed E-state index contributed by atoms with van der Waals surface area (Å²) in [7, 11) is 1.73. The Morgan fingerprint density at radius 1 is 1.26 bits per heavy atom. The summed E-state index contributed by atoms with van der Waals surface area (Å²) in [4.78, 5) is 2.39. The molecular formula is C16H28N4O2S. The minimum absolute atomic E-state index is 0.301. The lowest BCUT2D eigenvalue weighted by molar-refractivity contribution is 0.0951. The third kappa shape index (κ3) is 4.39. The predicted molar refractivity (Wildman–Crippen MR) is 92.2 cm³/mol. The number of nitrogens with zero attached hydrogens (tertiary/aromatic N) is 4. The van der Waals surface area contributed by atoms with Crippen molar-refractivity contribution in [3.8, 4) is 0 Å². The van der Waals surface area contributed by atoms with Crippen LogP contribution in [0.3, 0.4) is 0 Å². The summed E-state index contributed by atoms with van der Waals surface area (Å²) in [6, 6.07) is 0. The number of hydrogen-bond acceptors (Lipinski definition) is 6. The molecule has 3 heterocycles. The first kappa shape index (κ1) is 17.0. The topological polar surface area (TPSA) is 52.4 Å². The van der Waals surface area contributed by atoms with Gasteiger partial charge in [-0.05, 0) is 31.6 Å². The fraction of sp³-hybridized carbons (Fsp3) is 0.875. The zero-order chi connectivity index (χ0) is 16.1. The molecule has 1 aromatic rings. The standard InChI is InChI=1S/C16H28N4O2S/c1-13-5-7-19(8-6-13)15-17-18-16(23-11-10-21-2)20(15)12-14-4-3-9-22-14/h13-14H,3-12H2,1-2H3. The first-order valence-electron chi connectivity index (χ1n) is 8.69. The fourth-order valence-electron chi connectivity index (χ4n) is 3.20. The lowest BCUT2D eigenvalue weighted by Gasteiger charge is -2.31. The molecule has 130 valence electrons. The summed E-state index contributed by atoms with van der Waals surface area (Å²) < 4.78 is 13.3. The van der Waals surface area contributed by atoms with Crippen molar-refractivity contribution in [2.75, 3.05) is 44.1 Å². The Bertz CT molecular complexity index is 482. The molecule has 6 nitrogen and oxygen atoms in total. The molecule has 3 rings (SSSR count). The summed E-state index contributed by atoms with van der Waals surface area (Å²) in [6.07, 6.45) is 5.07. The number of anilines is 1. The maximum atomic E-state index is 5.84. The van der Waals surface area contributed by atoms with Gasteiger partial charge in [0, 0.05) is 32.6 Å². The maximum absolute atomic E-state index is 5.84. The molecule has 0 N–H and O–H groups in total. The molecule has 0 aliphatic carbocycles. The summed E-state index contributed by atoms with van der Waals surface area (Å²) in [5, 5.41) is 9.95. The maximum Gasteiger partial charge on any atom is 0.228 e. The van der Waals surface area contributed by atoms with Crippen LogP contribution < -0.4 is 4.90 Å². The Kier molecular flexibility index (Phi) is 6.19. The Hall–Kier alpha value is -0.790. The molecule has 0 amide bonds. The number of piperidine rings is 1. The van der Waals surface area contributed by atoms with Crippen LogP contribution in [0.1, 0.15) is 32.6 Å². The molecular weight excluding hydrogens is 312 g/mol. The highest BCUT2D eigenvalue weighted by atomic mass is 32.2. The van der Waals surface area contributed by atoms with Crippen LogP contribution in [-0.2, 0) is 16.0 Å². The van der Waals surface area contributed by atoms with Crippen LogP contribution in [0.25, 0.3) is 0 Å². The Balaban J connectivity index is 1.73. The molecule has 1 unspecified atom stereocenters. The number of rotatable bonds is 7. The average molecular weight is 340 g/mol. The molecule has 0 radical (unpaired) electrons. The molecule has 2 aliphatic heterocycles. The van der Waals surface area contributed by atoms with Crippen molar-refractivity contribution in [3.05, 3.63) is 0 Å². The monoisotopic (exact) mass is 340 g/mol. The van der Waals surface area contributed by atoms with E-state index in [4.69, 9.17) is 9.47 Å². The van der Waals surface area contributed by atoms with E-state index in [1.165, 1.54) is 12.8 Å². The van der Waals surface area contributed by atoms with Crippen LogP contribution in [0, 0.1) is 5.92 Å². The van der Waals surface area contributed by atoms with Crippen LogP contribution in [0.15, 0.2) is 5.16 Å². The van der Waals surface area contributed by atoms with Gasteiger partial charge in [0.15, 0.2) is 5.16 Å². The number of aromatic nitrogens is 3. The summed E-state index contributed by atoms with van der Waals surface area (Å²) >= 11 is 1.72. The van der Waals surface area contributed by atoms with E-state index in [2.05, 4.69) is 26.6 Å². The third-order valence-electron chi connectivity index (χ3n) is 4.69. The van der Waals surface area contributed by atoms with Crippen molar-refractivity contribution in [1.29, 1.82) is 0 Å². The molecule has 1 aromatic heterocycles. The van der Waals surface area contributed by atoms with E-state index in [-0.39, 0.29) is 0 Å². The average Bonchev–Trinajstić information content (AvgIpc) is 3.20. The van der Waals surface area contributed by atoms with Gasteiger partial charge in [-0.1, -0.05) is 18.7 Å². The van der Waals surface area contributed by atoms with Gasteiger partial charge in [-0.15, -0.1) is 10.2 Å². The van der Waals surface area contributed by atoms with Gasteiger partial charge in [0.2, 0.25) is 5.95 Å². The van der Waals surface area contributed by atoms with Gasteiger partial charge in [0.25, 0.3) is 0 Å². The van der Waals surface area contributed by atoms with Gasteiger partial charge in [0.1, 0.15) is 0 Å². The van der Waals surface area contributed by atoms with E-state index in [9.17, 15) is 0 Å². The van der Waals surface area contributed by atoms with E-state index in [0.29, 0.717) is 6.10 Å². The van der Waals surface area contributed by atoms with E-state index in [1.807, 2.05) is 0 Å². The Labute approximate surface area is 142 Å². The summed E-state index contributed by atoms with van der Waals surface area (Å²) in [6.45, 7) is 6.97. The normalized spacial score (nSPS) is 22.9. The van der Waals surface area contributed by atoms with E-state index >= 15 is 0 Å². The minimum atomic E-state index is 0.301. The van der Waals surface area contributed by atoms with E-state index in [0.717, 1.165) is 68.5 Å². The quantitative estimate of drug-likeness (QED) is 0.561. The molecule has 0 saturated carbocycles. The van der Waals surface area contributed by atoms with Crippen LogP contribution in [0.2, 0.25) is 0 Å². The van der Waals surface area contributed by atoms with Crippen LogP contribution >= 0.6 is 11.8 Å². The molecule has 0 bridgehead atoms. The highest BCUT2D eigenvalue weighted by Crippen LogP contribution is 2.27. The van der Waals surface area contributed by atoms with Crippen molar-refractivity contribution in [2.24, 2.45) is 5.92 Å². The fourth-order valence-corrected chi connectivity index (χ4v) is 4.04. The molecule has 1 atom stereocenters. The number of thioether (sulfide) groups is 1. The molecule has 2 fully saturated rings. The molecule has 7 heteroatoms. The first-order valence-corrected chi connectivity index (χ1v) is 9.68. The van der Waals surface area contributed by atoms with Crippen molar-refractivity contribution in [2.45, 2.75) is 50.4 Å². The second-order valence-corrected chi connectivity index (χ2v) is 7.60. The van der Waals surface area contributed by atoms with Gasteiger partial charge >= 0.3 is 0 Å². The summed E-state index contributed by atoms with van der Waals surface area (Å²) in [5.41, 5.74) is 0. The Morgan fingerprint density at radius 2 is 2.09 bits per heavy atom. The van der Waals surface area contributed by atoms with Crippen molar-refractivity contribution in [3.63, 3.8) is 0 Å². The summed E-state index contributed by atoms with van der Waals surface area (Å²) in [5.74, 6) is 2.74. The zero-order valence-electron chi connectivity index (χ0n) is 14.2. The highest BCUT2D eigenvalue weighted by Gasteiger charge is 2.25. The zero-order valence-corrected chi connectivity index (χ0v) is 15.1. The van der Waals surface area contributed by atoms with Gasteiger partial charge in [-0.25, -0.2) is 0 Å². The van der Waals surface area contributed by atoms with Crippen molar-refractivity contribution in [1.82, 2.24) is 14.8 Å². The van der Waals surface area contributed by atoms with Crippen LogP contribution in [-0.4, -0.2) is 60.0 Å². The number of methoxy groups -OCH3 is 1. The van der Waals surface area contributed by atoms with Crippen molar-refractivity contribution >= 4 is 17.7 Å². The van der Waals surface area contributed by atoms with Crippen molar-refractivity contribution < 1.29 is 9.47 Å². The van der Waals surface area contributed by atoms with Crippen LogP contribution in [0.4, 0.5) is 5.95 Å². The van der Waals surface area contributed by atoms with Gasteiger partial charge in [0.05, 0.1) is 19.3 Å². The van der Waals surface area contributed by atoms with E-state index in [1.54, 1.807) is 18.9 Å². The molecule has 0 spiro atoms. The van der Waals surface area contributed by atoms with Gasteiger partial charge < -0.3 is 14.4 Å². The molecule has 2 aliphatic rings. The highest BCUT2D eigenvalue weighted by molar-refractivity contribution is 7.99. The molecule has 0 aromatic carbocycles. The second-order valence-electron chi connectivity index (χ2n) is 6.54. The predicted octanol–water partition coefficient (Wildman–Crippen LogP) is 2.43. The molecule has 2 saturated heterocycles. The lowest BCUT2D eigenvalue weighted by Crippen LogP contribution is -2.35. The second kappa shape index (κ2) is 8.35. The minimum Gasteiger partial charge on any atom is -0.384 e. The van der Waals surface area contributed by atoms with Crippen LogP contribution in [0.5, 0.6) is 0 Å². The number of ether oxygens (including phenoxy) is 2. The first-order chi connectivity index (χ1) is 11.3. The number of hydrogen-bond donors (Lipinski definition) is 0. The Morgan fingerprint density at radius 3 is 2.78 bits per heavy atom. The largest absolute Gasteiger partial charge is 0.384 e. The van der Waals surface area contributed by atoms with Gasteiger partial charge in [-0.3, -0.25) is 4.57 Å². The smallest absolute Gasteiger partial charge is 0.228 e. The molecule has 23 heavy (non-hydrogen) atoms. The lowest BCUT2D eigenvalue weighted by atomic mass is 10.00.